The standard InChI is InChI=1S/C12H17ClOS/c1-12(14,9-5-3-2-4-6-9)11-10(13)7-8-15-11/h7-9,14H,2-6H2,1H3. The van der Waals surface area contributed by atoms with Crippen molar-refractivity contribution < 1.29 is 5.11 Å². The molecule has 1 N–H and O–H groups in total. The molecule has 0 bridgehead atoms. The van der Waals surface area contributed by atoms with Crippen molar-refractivity contribution in [3.8, 4) is 0 Å². The van der Waals surface area contributed by atoms with E-state index in [1.54, 1.807) is 11.3 Å². The minimum atomic E-state index is -0.730. The predicted molar refractivity (Wildman–Crippen MR) is 65.5 cm³/mol. The van der Waals surface area contributed by atoms with Crippen LogP contribution in [0.5, 0.6) is 0 Å². The molecule has 1 atom stereocenters. The summed E-state index contributed by atoms with van der Waals surface area (Å²) in [5.74, 6) is 0.377. The summed E-state index contributed by atoms with van der Waals surface area (Å²) >= 11 is 7.66. The number of halogens is 1. The van der Waals surface area contributed by atoms with E-state index in [1.807, 2.05) is 18.4 Å². The zero-order chi connectivity index (χ0) is 10.9. The quantitative estimate of drug-likeness (QED) is 0.827. The van der Waals surface area contributed by atoms with Crippen molar-refractivity contribution >= 4 is 22.9 Å². The highest BCUT2D eigenvalue weighted by atomic mass is 35.5. The van der Waals surface area contributed by atoms with Gasteiger partial charge >= 0.3 is 0 Å². The molecule has 84 valence electrons. The van der Waals surface area contributed by atoms with Crippen LogP contribution in [0.2, 0.25) is 5.02 Å². The van der Waals surface area contributed by atoms with Crippen molar-refractivity contribution in [2.75, 3.05) is 0 Å². The zero-order valence-corrected chi connectivity index (χ0v) is 10.6. The van der Waals surface area contributed by atoms with E-state index in [-0.39, 0.29) is 0 Å². The topological polar surface area (TPSA) is 20.2 Å². The van der Waals surface area contributed by atoms with Crippen molar-refractivity contribution in [1.82, 2.24) is 0 Å². The van der Waals surface area contributed by atoms with Crippen LogP contribution in [0.1, 0.15) is 43.9 Å². The summed E-state index contributed by atoms with van der Waals surface area (Å²) in [5.41, 5.74) is -0.730. The van der Waals surface area contributed by atoms with Gasteiger partial charge in [0.25, 0.3) is 0 Å². The molecule has 1 saturated carbocycles. The monoisotopic (exact) mass is 244 g/mol. The van der Waals surface area contributed by atoms with Crippen molar-refractivity contribution in [3.05, 3.63) is 21.3 Å². The van der Waals surface area contributed by atoms with Crippen LogP contribution in [0.15, 0.2) is 11.4 Å². The highest BCUT2D eigenvalue weighted by Gasteiger charge is 2.36. The Kier molecular flexibility index (Phi) is 3.39. The van der Waals surface area contributed by atoms with E-state index < -0.39 is 5.60 Å². The minimum absolute atomic E-state index is 0.377. The van der Waals surface area contributed by atoms with Crippen molar-refractivity contribution in [3.63, 3.8) is 0 Å². The SMILES string of the molecule is CC(O)(c1sccc1Cl)C1CCCCC1. The Hall–Kier alpha value is -0.0500. The molecule has 0 spiro atoms. The molecule has 0 aromatic carbocycles. The molecule has 1 aromatic heterocycles. The summed E-state index contributed by atoms with van der Waals surface area (Å²) in [7, 11) is 0. The van der Waals surface area contributed by atoms with Crippen molar-refractivity contribution in [2.45, 2.75) is 44.6 Å². The summed E-state index contributed by atoms with van der Waals surface area (Å²) in [6.45, 7) is 1.92. The molecule has 0 aliphatic heterocycles. The maximum atomic E-state index is 10.6. The van der Waals surface area contributed by atoms with E-state index in [0.717, 1.165) is 22.7 Å². The molecule has 1 aromatic rings. The molecule has 1 heterocycles. The second kappa shape index (κ2) is 4.44. The largest absolute Gasteiger partial charge is 0.384 e. The number of aliphatic hydroxyl groups is 1. The first-order valence-corrected chi connectivity index (χ1v) is 6.84. The average Bonchev–Trinajstić information content (AvgIpc) is 2.66. The minimum Gasteiger partial charge on any atom is -0.384 e. The van der Waals surface area contributed by atoms with Gasteiger partial charge in [-0.25, -0.2) is 0 Å². The van der Waals surface area contributed by atoms with Crippen LogP contribution < -0.4 is 0 Å². The molecule has 2 rings (SSSR count). The van der Waals surface area contributed by atoms with Gasteiger partial charge in [0.15, 0.2) is 0 Å². The summed E-state index contributed by atoms with van der Waals surface area (Å²) in [5, 5.41) is 13.3. The molecule has 1 nitrogen and oxygen atoms in total. The Morgan fingerprint density at radius 1 is 1.40 bits per heavy atom. The molecule has 15 heavy (non-hydrogen) atoms. The van der Waals surface area contributed by atoms with Gasteiger partial charge in [-0.05, 0) is 37.1 Å². The van der Waals surface area contributed by atoms with Gasteiger partial charge in [-0.3, -0.25) is 0 Å². The van der Waals surface area contributed by atoms with Crippen LogP contribution in [0.3, 0.4) is 0 Å². The molecule has 0 radical (unpaired) electrons. The molecular weight excluding hydrogens is 228 g/mol. The molecule has 0 amide bonds. The lowest BCUT2D eigenvalue weighted by Gasteiger charge is -2.35. The third kappa shape index (κ3) is 2.22. The van der Waals surface area contributed by atoms with Crippen molar-refractivity contribution in [1.29, 1.82) is 0 Å². The van der Waals surface area contributed by atoms with Crippen LogP contribution in [0, 0.1) is 5.92 Å². The normalized spacial score (nSPS) is 22.6. The van der Waals surface area contributed by atoms with E-state index in [1.165, 1.54) is 19.3 Å². The molecule has 1 fully saturated rings. The van der Waals surface area contributed by atoms with Crippen LogP contribution in [0.25, 0.3) is 0 Å². The maximum absolute atomic E-state index is 10.6. The lowest BCUT2D eigenvalue weighted by molar-refractivity contribution is -0.0182. The molecule has 3 heteroatoms. The Morgan fingerprint density at radius 2 is 2.07 bits per heavy atom. The lowest BCUT2D eigenvalue weighted by atomic mass is 9.77. The Morgan fingerprint density at radius 3 is 2.60 bits per heavy atom. The van der Waals surface area contributed by atoms with Crippen LogP contribution in [-0.4, -0.2) is 5.11 Å². The van der Waals surface area contributed by atoms with E-state index in [0.29, 0.717) is 5.92 Å². The highest BCUT2D eigenvalue weighted by molar-refractivity contribution is 7.10. The second-order valence-electron chi connectivity index (χ2n) is 4.58. The predicted octanol–water partition coefficient (Wildman–Crippen LogP) is 4.19. The van der Waals surface area contributed by atoms with E-state index in [4.69, 9.17) is 11.6 Å². The molecule has 0 saturated heterocycles. The smallest absolute Gasteiger partial charge is 0.100 e. The van der Waals surface area contributed by atoms with Gasteiger partial charge in [-0.2, -0.15) is 0 Å². The van der Waals surface area contributed by atoms with Crippen LogP contribution in [-0.2, 0) is 5.60 Å². The van der Waals surface area contributed by atoms with Gasteiger partial charge in [0.1, 0.15) is 5.60 Å². The number of hydrogen-bond acceptors (Lipinski definition) is 2. The Bertz CT molecular complexity index is 326. The van der Waals surface area contributed by atoms with E-state index in [9.17, 15) is 5.11 Å². The van der Waals surface area contributed by atoms with Gasteiger partial charge in [0.05, 0.1) is 9.90 Å². The van der Waals surface area contributed by atoms with E-state index in [2.05, 4.69) is 0 Å². The van der Waals surface area contributed by atoms with Gasteiger partial charge in [0.2, 0.25) is 0 Å². The van der Waals surface area contributed by atoms with Gasteiger partial charge in [-0.1, -0.05) is 30.9 Å². The third-order valence-electron chi connectivity index (χ3n) is 3.48. The number of hydrogen-bond donors (Lipinski definition) is 1. The molecular formula is C12H17ClOS. The maximum Gasteiger partial charge on any atom is 0.100 e. The van der Waals surface area contributed by atoms with Crippen LogP contribution in [0.4, 0.5) is 0 Å². The second-order valence-corrected chi connectivity index (χ2v) is 5.90. The first-order valence-electron chi connectivity index (χ1n) is 5.58. The summed E-state index contributed by atoms with van der Waals surface area (Å²) in [6, 6.07) is 1.87. The highest BCUT2D eigenvalue weighted by Crippen LogP contribution is 2.43. The summed E-state index contributed by atoms with van der Waals surface area (Å²) < 4.78 is 0. The van der Waals surface area contributed by atoms with Gasteiger partial charge in [-0.15, -0.1) is 11.3 Å². The van der Waals surface area contributed by atoms with E-state index >= 15 is 0 Å². The lowest BCUT2D eigenvalue weighted by Crippen LogP contribution is -2.32. The average molecular weight is 245 g/mol. The fraction of sp³-hybridized carbons (Fsp3) is 0.667. The summed E-state index contributed by atoms with van der Waals surface area (Å²) in [6.07, 6.45) is 6.04. The zero-order valence-electron chi connectivity index (χ0n) is 9.00. The van der Waals surface area contributed by atoms with Crippen LogP contribution >= 0.6 is 22.9 Å². The summed E-state index contributed by atoms with van der Waals surface area (Å²) in [4.78, 5) is 0.941. The number of rotatable bonds is 2. The third-order valence-corrected chi connectivity index (χ3v) is 5.05. The Labute approximate surface area is 100 Å². The molecule has 1 unspecified atom stereocenters. The fourth-order valence-electron chi connectivity index (χ4n) is 2.50. The fourth-order valence-corrected chi connectivity index (χ4v) is 3.89. The van der Waals surface area contributed by atoms with Crippen molar-refractivity contribution in [2.24, 2.45) is 5.92 Å². The first-order chi connectivity index (χ1) is 7.12. The molecule has 1 aliphatic carbocycles. The number of thiophene rings is 1. The first kappa shape index (κ1) is 11.4. The molecule has 1 aliphatic rings. The van der Waals surface area contributed by atoms with Gasteiger partial charge in [0, 0.05) is 0 Å². The van der Waals surface area contributed by atoms with Gasteiger partial charge < -0.3 is 5.11 Å². The Balaban J connectivity index is 2.21.